The van der Waals surface area contributed by atoms with Gasteiger partial charge in [0, 0.05) is 5.56 Å². The molecule has 2 N–H and O–H groups in total. The lowest BCUT2D eigenvalue weighted by atomic mass is 9.84. The molecular formula is C25H42O2. The van der Waals surface area contributed by atoms with Crippen molar-refractivity contribution < 1.29 is 10.2 Å². The highest BCUT2D eigenvalue weighted by Crippen LogP contribution is 2.49. The highest BCUT2D eigenvalue weighted by atomic mass is 16.3. The summed E-state index contributed by atoms with van der Waals surface area (Å²) in [5.74, 6) is 0.151. The van der Waals surface area contributed by atoms with Crippen LogP contribution >= 0.6 is 0 Å². The minimum atomic E-state index is 0.0314. The van der Waals surface area contributed by atoms with Gasteiger partial charge in [0.25, 0.3) is 0 Å². The molecule has 0 radical (unpaired) electrons. The quantitative estimate of drug-likeness (QED) is 0.276. The predicted octanol–water partition coefficient (Wildman–Crippen LogP) is 7.54. The number of phenols is 2. The number of aryl methyl sites for hydroxylation is 1. The summed E-state index contributed by atoms with van der Waals surface area (Å²) in [4.78, 5) is 0. The van der Waals surface area contributed by atoms with Crippen molar-refractivity contribution >= 4 is 0 Å². The first-order valence-corrected chi connectivity index (χ1v) is 11.3. The van der Waals surface area contributed by atoms with E-state index in [4.69, 9.17) is 0 Å². The van der Waals surface area contributed by atoms with Gasteiger partial charge in [0.2, 0.25) is 0 Å². The molecule has 0 aromatic heterocycles. The molecule has 27 heavy (non-hydrogen) atoms. The normalized spacial score (nSPS) is 15.9. The van der Waals surface area contributed by atoms with Crippen LogP contribution in [0.1, 0.15) is 109 Å². The molecule has 0 spiro atoms. The maximum absolute atomic E-state index is 10.4. The Balaban J connectivity index is 1.78. The third kappa shape index (κ3) is 7.39. The minimum absolute atomic E-state index is 0.0314. The van der Waals surface area contributed by atoms with E-state index in [1.165, 1.54) is 63.4 Å². The van der Waals surface area contributed by atoms with E-state index in [1.54, 1.807) is 6.07 Å². The van der Waals surface area contributed by atoms with Gasteiger partial charge in [-0.3, -0.25) is 0 Å². The molecule has 1 aromatic rings. The fourth-order valence-electron chi connectivity index (χ4n) is 3.95. The van der Waals surface area contributed by atoms with Crippen LogP contribution in [0.4, 0.5) is 0 Å². The van der Waals surface area contributed by atoms with Crippen molar-refractivity contribution in [2.75, 3.05) is 0 Å². The SMILES string of the molecule is CCC(C)(C)CCCCCc1ccc(O)c(O)c1CCCCCC1(C)CC1. The smallest absolute Gasteiger partial charge is 0.160 e. The van der Waals surface area contributed by atoms with Gasteiger partial charge in [0.15, 0.2) is 11.5 Å². The molecule has 2 rings (SSSR count). The summed E-state index contributed by atoms with van der Waals surface area (Å²) in [6.45, 7) is 9.38. The summed E-state index contributed by atoms with van der Waals surface area (Å²) in [6, 6.07) is 3.67. The molecule has 2 heteroatoms. The molecule has 0 bridgehead atoms. The average Bonchev–Trinajstić information content (AvgIpc) is 3.36. The van der Waals surface area contributed by atoms with Gasteiger partial charge in [-0.05, 0) is 73.8 Å². The molecule has 0 amide bonds. The molecule has 0 heterocycles. The molecule has 1 aromatic carbocycles. The van der Waals surface area contributed by atoms with Gasteiger partial charge < -0.3 is 10.2 Å². The standard InChI is InChI=1S/C25H42O2/c1-5-24(2,3)16-10-6-8-12-20-14-15-22(26)23(27)21(20)13-9-7-11-17-25(4)18-19-25/h14-15,26-27H,5-13,16-19H2,1-4H3. The summed E-state index contributed by atoms with van der Waals surface area (Å²) in [5.41, 5.74) is 3.32. The van der Waals surface area contributed by atoms with Crippen LogP contribution in [0.15, 0.2) is 12.1 Å². The van der Waals surface area contributed by atoms with Gasteiger partial charge >= 0.3 is 0 Å². The number of hydrogen-bond acceptors (Lipinski definition) is 2. The Morgan fingerprint density at radius 3 is 2.26 bits per heavy atom. The summed E-state index contributed by atoms with van der Waals surface area (Å²) in [6.07, 6.45) is 15.9. The number of benzene rings is 1. The molecule has 2 nitrogen and oxygen atoms in total. The fourth-order valence-corrected chi connectivity index (χ4v) is 3.95. The topological polar surface area (TPSA) is 40.5 Å². The number of unbranched alkanes of at least 4 members (excludes halogenated alkanes) is 4. The van der Waals surface area contributed by atoms with Crippen molar-refractivity contribution in [2.45, 2.75) is 111 Å². The van der Waals surface area contributed by atoms with Gasteiger partial charge in [-0.1, -0.05) is 65.9 Å². The first-order valence-electron chi connectivity index (χ1n) is 11.3. The van der Waals surface area contributed by atoms with Crippen molar-refractivity contribution in [3.63, 3.8) is 0 Å². The third-order valence-electron chi connectivity index (χ3n) is 6.93. The highest BCUT2D eigenvalue weighted by Gasteiger charge is 2.35. The predicted molar refractivity (Wildman–Crippen MR) is 116 cm³/mol. The van der Waals surface area contributed by atoms with E-state index in [9.17, 15) is 10.2 Å². The van der Waals surface area contributed by atoms with Crippen LogP contribution in [0.25, 0.3) is 0 Å². The zero-order valence-corrected chi connectivity index (χ0v) is 18.2. The Kier molecular flexibility index (Phi) is 8.06. The van der Waals surface area contributed by atoms with Gasteiger partial charge in [-0.15, -0.1) is 0 Å². The van der Waals surface area contributed by atoms with Crippen molar-refractivity contribution in [3.8, 4) is 11.5 Å². The van der Waals surface area contributed by atoms with Crippen LogP contribution in [0.3, 0.4) is 0 Å². The van der Waals surface area contributed by atoms with Crippen molar-refractivity contribution in [3.05, 3.63) is 23.3 Å². The van der Waals surface area contributed by atoms with E-state index in [1.807, 2.05) is 6.07 Å². The van der Waals surface area contributed by atoms with Crippen molar-refractivity contribution in [1.82, 2.24) is 0 Å². The van der Waals surface area contributed by atoms with E-state index >= 15 is 0 Å². The van der Waals surface area contributed by atoms with Gasteiger partial charge in [-0.25, -0.2) is 0 Å². The van der Waals surface area contributed by atoms with Crippen LogP contribution in [-0.4, -0.2) is 10.2 Å². The summed E-state index contributed by atoms with van der Waals surface area (Å²) in [5, 5.41) is 20.3. The number of aromatic hydroxyl groups is 2. The van der Waals surface area contributed by atoms with Crippen LogP contribution in [0, 0.1) is 10.8 Å². The summed E-state index contributed by atoms with van der Waals surface area (Å²) >= 11 is 0. The summed E-state index contributed by atoms with van der Waals surface area (Å²) in [7, 11) is 0. The Morgan fingerprint density at radius 2 is 1.59 bits per heavy atom. The molecule has 0 unspecified atom stereocenters. The zero-order valence-electron chi connectivity index (χ0n) is 18.2. The van der Waals surface area contributed by atoms with Crippen LogP contribution in [-0.2, 0) is 12.8 Å². The van der Waals surface area contributed by atoms with Gasteiger partial charge in [0.05, 0.1) is 0 Å². The molecule has 154 valence electrons. The maximum Gasteiger partial charge on any atom is 0.160 e. The lowest BCUT2D eigenvalue weighted by Gasteiger charge is -2.22. The third-order valence-corrected chi connectivity index (χ3v) is 6.93. The second-order valence-electron chi connectivity index (χ2n) is 10.0. The largest absolute Gasteiger partial charge is 0.504 e. The summed E-state index contributed by atoms with van der Waals surface area (Å²) < 4.78 is 0. The van der Waals surface area contributed by atoms with Crippen molar-refractivity contribution in [1.29, 1.82) is 0 Å². The first-order chi connectivity index (χ1) is 12.8. The van der Waals surface area contributed by atoms with Gasteiger partial charge in [-0.2, -0.15) is 0 Å². The van der Waals surface area contributed by atoms with Crippen LogP contribution in [0.5, 0.6) is 11.5 Å². The van der Waals surface area contributed by atoms with E-state index in [0.717, 1.165) is 31.2 Å². The lowest BCUT2D eigenvalue weighted by molar-refractivity contribution is 0.308. The second kappa shape index (κ2) is 9.85. The Morgan fingerprint density at radius 1 is 0.926 bits per heavy atom. The molecule has 1 fully saturated rings. The van der Waals surface area contributed by atoms with E-state index in [-0.39, 0.29) is 11.5 Å². The molecule has 0 aliphatic heterocycles. The van der Waals surface area contributed by atoms with E-state index < -0.39 is 0 Å². The van der Waals surface area contributed by atoms with Gasteiger partial charge in [0.1, 0.15) is 0 Å². The monoisotopic (exact) mass is 374 g/mol. The number of phenolic OH excluding ortho intramolecular Hbond substituents is 2. The van der Waals surface area contributed by atoms with Crippen molar-refractivity contribution in [2.24, 2.45) is 10.8 Å². The highest BCUT2D eigenvalue weighted by molar-refractivity contribution is 5.49. The minimum Gasteiger partial charge on any atom is -0.504 e. The number of rotatable bonds is 13. The zero-order chi connectivity index (χ0) is 19.9. The first kappa shape index (κ1) is 22.1. The lowest BCUT2D eigenvalue weighted by Crippen LogP contribution is -2.08. The molecule has 1 aliphatic rings. The molecule has 0 atom stereocenters. The maximum atomic E-state index is 10.4. The van der Waals surface area contributed by atoms with E-state index in [0.29, 0.717) is 10.8 Å². The molecular weight excluding hydrogens is 332 g/mol. The molecule has 1 saturated carbocycles. The van der Waals surface area contributed by atoms with Crippen LogP contribution in [0.2, 0.25) is 0 Å². The Labute approximate surface area is 167 Å². The molecule has 0 saturated heterocycles. The second-order valence-corrected chi connectivity index (χ2v) is 10.0. The average molecular weight is 375 g/mol. The molecule has 1 aliphatic carbocycles. The van der Waals surface area contributed by atoms with Crippen LogP contribution < -0.4 is 0 Å². The van der Waals surface area contributed by atoms with E-state index in [2.05, 4.69) is 27.7 Å². The Hall–Kier alpha value is -1.18. The Bertz CT molecular complexity index is 584. The fraction of sp³-hybridized carbons (Fsp3) is 0.760. The number of hydrogen-bond donors (Lipinski definition) is 2.